The predicted octanol–water partition coefficient (Wildman–Crippen LogP) is 1.54. The van der Waals surface area contributed by atoms with Crippen molar-refractivity contribution in [3.05, 3.63) is 11.6 Å². The third-order valence-electron chi connectivity index (χ3n) is 22.1. The van der Waals surface area contributed by atoms with Gasteiger partial charge in [-0.1, -0.05) is 74.0 Å². The molecule has 0 unspecified atom stereocenters. The van der Waals surface area contributed by atoms with Gasteiger partial charge in [0.15, 0.2) is 31.3 Å². The van der Waals surface area contributed by atoms with Gasteiger partial charge in [0, 0.05) is 6.42 Å². The summed E-state index contributed by atoms with van der Waals surface area (Å²) >= 11 is 0. The first-order valence-electron chi connectivity index (χ1n) is 27.2. The summed E-state index contributed by atoms with van der Waals surface area (Å²) in [6, 6.07) is 0. The molecule has 10 N–H and O–H groups in total. The molecule has 0 aromatic heterocycles. The van der Waals surface area contributed by atoms with Crippen LogP contribution < -0.4 is 0 Å². The van der Waals surface area contributed by atoms with Gasteiger partial charge in [0.1, 0.15) is 73.4 Å². The molecular formula is C54H86O20. The van der Waals surface area contributed by atoms with Crippen LogP contribution in [0, 0.1) is 62.1 Å². The Morgan fingerprint density at radius 3 is 2.00 bits per heavy atom. The lowest BCUT2D eigenvalue weighted by molar-refractivity contribution is -0.389. The van der Waals surface area contributed by atoms with E-state index in [1.807, 2.05) is 6.92 Å². The molecule has 0 bridgehead atoms. The Bertz CT molecular complexity index is 2080. The van der Waals surface area contributed by atoms with Gasteiger partial charge < -0.3 is 93.8 Å². The van der Waals surface area contributed by atoms with Gasteiger partial charge in [-0.05, 0) is 108 Å². The summed E-state index contributed by atoms with van der Waals surface area (Å²) in [5.41, 5.74) is 0.862. The number of carboxylic acid groups (broad SMARTS) is 1. The van der Waals surface area contributed by atoms with Crippen LogP contribution in [0.4, 0.5) is 0 Å². The molecular weight excluding hydrogens is 969 g/mol. The first-order chi connectivity index (χ1) is 34.6. The molecule has 74 heavy (non-hydrogen) atoms. The van der Waals surface area contributed by atoms with Crippen LogP contribution in [0.15, 0.2) is 11.6 Å². The summed E-state index contributed by atoms with van der Waals surface area (Å²) in [5, 5.41) is 107. The second-order valence-corrected chi connectivity index (χ2v) is 25.9. The topological polar surface area (TPSA) is 310 Å². The second-order valence-electron chi connectivity index (χ2n) is 25.9. The van der Waals surface area contributed by atoms with E-state index in [1.54, 1.807) is 5.57 Å². The summed E-state index contributed by atoms with van der Waals surface area (Å²) in [7, 11) is 0. The van der Waals surface area contributed by atoms with Crippen molar-refractivity contribution in [1.29, 1.82) is 0 Å². The van der Waals surface area contributed by atoms with Crippen molar-refractivity contribution in [2.24, 2.45) is 62.1 Å². The third kappa shape index (κ3) is 9.01. The zero-order chi connectivity index (χ0) is 54.0. The average molecular weight is 1060 g/mol. The van der Waals surface area contributed by atoms with Crippen LogP contribution in [0.3, 0.4) is 0 Å². The minimum absolute atomic E-state index is 0.000991. The Labute approximate surface area is 434 Å². The number of hydrogen-bond donors (Lipinski definition) is 10. The molecule has 0 aromatic rings. The van der Waals surface area contributed by atoms with E-state index in [0.717, 1.165) is 38.4 Å². The molecule has 9 aliphatic rings. The molecule has 4 saturated carbocycles. The molecule has 4 aliphatic heterocycles. The largest absolute Gasteiger partial charge is 0.479 e. The first kappa shape index (κ1) is 56.9. The van der Waals surface area contributed by atoms with Crippen molar-refractivity contribution in [1.82, 2.24) is 0 Å². The predicted molar refractivity (Wildman–Crippen MR) is 258 cm³/mol. The van der Waals surface area contributed by atoms with E-state index in [-0.39, 0.29) is 39.4 Å². The molecule has 0 spiro atoms. The zero-order valence-corrected chi connectivity index (χ0v) is 44.5. The SMILES string of the molecule is C[C@H]1[C@H](C)[C@]2(C)CC[C@]3(C)C(=CC[C@@H]4[C@@]5(C)CC[C@H](O[C@H]6C[C@@H](O[C@@H]7OC[C@@H](O)[C@H](O)[C@H]7O[C@@H]7O[C@H](CO)[C@@H](O)[C@H](O)[C@H]7O[C@@H]7OC[C@@H](O)[C@H](O)[C@H]7O)[C@H](O)[C@@H](C(=O)O)O6)[C@@](C)(C=O)[C@@H]5CC[C@]43C)[C@@H]2CC1(C)C. The van der Waals surface area contributed by atoms with Crippen molar-refractivity contribution < 1.29 is 98.5 Å². The van der Waals surface area contributed by atoms with Gasteiger partial charge in [-0.15, -0.1) is 0 Å². The van der Waals surface area contributed by atoms with Crippen molar-refractivity contribution in [3.8, 4) is 0 Å². The first-order valence-corrected chi connectivity index (χ1v) is 27.2. The van der Waals surface area contributed by atoms with E-state index in [2.05, 4.69) is 61.5 Å². The Morgan fingerprint density at radius 2 is 1.34 bits per heavy atom. The minimum Gasteiger partial charge on any atom is -0.479 e. The summed E-state index contributed by atoms with van der Waals surface area (Å²) in [5.74, 6) is 0.426. The van der Waals surface area contributed by atoms with E-state index in [1.165, 1.54) is 12.8 Å². The van der Waals surface area contributed by atoms with Crippen LogP contribution in [0.1, 0.15) is 120 Å². The fourth-order valence-corrected chi connectivity index (χ4v) is 16.6. The van der Waals surface area contributed by atoms with Crippen molar-refractivity contribution in [3.63, 3.8) is 0 Å². The highest BCUT2D eigenvalue weighted by Gasteiger charge is 2.70. The number of carbonyl (C=O) groups excluding carboxylic acids is 1. The molecule has 20 nitrogen and oxygen atoms in total. The fourth-order valence-electron chi connectivity index (χ4n) is 16.6. The van der Waals surface area contributed by atoms with Crippen molar-refractivity contribution >= 4 is 12.3 Å². The molecule has 4 saturated heterocycles. The van der Waals surface area contributed by atoms with Gasteiger partial charge in [0.2, 0.25) is 0 Å². The summed E-state index contributed by atoms with van der Waals surface area (Å²) in [6.45, 7) is 19.9. The molecule has 422 valence electrons. The fraction of sp³-hybridized carbons (Fsp3) is 0.926. The number of rotatable bonds is 11. The zero-order valence-electron chi connectivity index (χ0n) is 44.5. The smallest absolute Gasteiger partial charge is 0.335 e. The van der Waals surface area contributed by atoms with Crippen LogP contribution in [-0.4, -0.2) is 194 Å². The average Bonchev–Trinajstić information content (AvgIpc) is 3.36. The van der Waals surface area contributed by atoms with Crippen LogP contribution >= 0.6 is 0 Å². The second kappa shape index (κ2) is 20.4. The Balaban J connectivity index is 0.932. The number of carbonyl (C=O) groups is 2. The van der Waals surface area contributed by atoms with Gasteiger partial charge >= 0.3 is 5.97 Å². The number of allylic oxidation sites excluding steroid dienone is 2. The van der Waals surface area contributed by atoms with E-state index in [4.69, 9.17) is 37.9 Å². The maximum atomic E-state index is 13.8. The highest BCUT2D eigenvalue weighted by molar-refractivity contribution is 5.73. The van der Waals surface area contributed by atoms with Gasteiger partial charge in [-0.2, -0.15) is 0 Å². The molecule has 0 amide bonds. The Morgan fingerprint density at radius 1 is 0.689 bits per heavy atom. The molecule has 4 heterocycles. The van der Waals surface area contributed by atoms with Gasteiger partial charge in [-0.25, -0.2) is 4.79 Å². The number of aliphatic carboxylic acids is 1. The lowest BCUT2D eigenvalue weighted by Gasteiger charge is -2.72. The summed E-state index contributed by atoms with van der Waals surface area (Å²) in [4.78, 5) is 26.5. The van der Waals surface area contributed by atoms with E-state index >= 15 is 0 Å². The molecule has 0 radical (unpaired) electrons. The van der Waals surface area contributed by atoms with Crippen molar-refractivity contribution in [2.75, 3.05) is 19.8 Å². The molecule has 9 rings (SSSR count). The van der Waals surface area contributed by atoms with E-state index in [0.29, 0.717) is 30.1 Å². The lowest BCUT2D eigenvalue weighted by atomic mass is 9.33. The van der Waals surface area contributed by atoms with Crippen LogP contribution in [-0.2, 0) is 47.5 Å². The van der Waals surface area contributed by atoms with Gasteiger partial charge in [0.25, 0.3) is 0 Å². The van der Waals surface area contributed by atoms with Crippen LogP contribution in [0.25, 0.3) is 0 Å². The van der Waals surface area contributed by atoms with E-state index < -0.39 is 142 Å². The standard InChI is InChI=1S/C54H86O20/c1-24-25(2)50(5)16-17-53(8)26(27(50)19-49(24,3)4)10-11-33-51(6)14-13-34(52(7,23-56)32(51)12-15-54(33,53)9)71-35-18-30(39(62)42(72-35)45(65)66)69-47-43(37(60)29(58)22-68-47)74-48-44(40(63)38(61)31(20-55)70-48)73-46-41(64)36(59)28(57)21-67-46/h10,23-25,27-44,46-48,55,57-64H,11-22H2,1-9H3,(H,65,66)/t24-,25-,27-,28+,29+,30+,31+,32+,33+,34-,35+,36-,37-,38+,39-,40-,41+,42-,43+,44+,46-,47-,48-,50-,51-,52-,53+,54+/m0/s1. The van der Waals surface area contributed by atoms with Gasteiger partial charge in [-0.3, -0.25) is 0 Å². The quantitative estimate of drug-likeness (QED) is 0.0797. The number of hydrogen-bond acceptors (Lipinski definition) is 19. The van der Waals surface area contributed by atoms with E-state index in [9.17, 15) is 60.7 Å². The third-order valence-corrected chi connectivity index (χ3v) is 22.1. The summed E-state index contributed by atoms with van der Waals surface area (Å²) < 4.78 is 47.7. The number of aldehydes is 1. The maximum absolute atomic E-state index is 13.8. The normalized spacial score (nSPS) is 55.4. The number of fused-ring (bicyclic) bond motifs is 7. The summed E-state index contributed by atoms with van der Waals surface area (Å²) in [6.07, 6.45) is -19.0. The number of aliphatic hydroxyl groups excluding tert-OH is 9. The molecule has 5 aliphatic carbocycles. The molecule has 20 heteroatoms. The molecule has 0 aromatic carbocycles. The Kier molecular flexibility index (Phi) is 15.7. The lowest BCUT2D eigenvalue weighted by Crippen LogP contribution is -2.66. The number of aliphatic hydroxyl groups is 9. The highest BCUT2D eigenvalue weighted by Crippen LogP contribution is 2.76. The highest BCUT2D eigenvalue weighted by atomic mass is 16.8. The minimum atomic E-state index is -1.92. The number of ether oxygens (including phenoxy) is 8. The molecule has 28 atom stereocenters. The van der Waals surface area contributed by atoms with Crippen LogP contribution in [0.5, 0.6) is 0 Å². The van der Waals surface area contributed by atoms with Crippen molar-refractivity contribution in [2.45, 2.75) is 231 Å². The molecule has 8 fully saturated rings. The Hall–Kier alpha value is -1.80. The maximum Gasteiger partial charge on any atom is 0.335 e. The van der Waals surface area contributed by atoms with Gasteiger partial charge in [0.05, 0.1) is 37.4 Å². The number of carboxylic acids is 1. The van der Waals surface area contributed by atoms with Crippen LogP contribution in [0.2, 0.25) is 0 Å². The monoisotopic (exact) mass is 1050 g/mol.